The first-order valence-corrected chi connectivity index (χ1v) is 14.8. The number of hydrogen-bond donors (Lipinski definition) is 4. The van der Waals surface area contributed by atoms with Gasteiger partial charge in [0.05, 0.1) is 24.7 Å². The number of hydrogen-bond acceptors (Lipinski definition) is 9. The second-order valence-electron chi connectivity index (χ2n) is 12.4. The van der Waals surface area contributed by atoms with Gasteiger partial charge in [-0.2, -0.15) is 0 Å². The lowest BCUT2D eigenvalue weighted by Gasteiger charge is -2.40. The van der Waals surface area contributed by atoms with Crippen LogP contribution in [-0.4, -0.2) is 81.2 Å². The van der Waals surface area contributed by atoms with E-state index in [-0.39, 0.29) is 60.0 Å². The number of aliphatic hydroxyl groups is 4. The van der Waals surface area contributed by atoms with E-state index in [1.807, 2.05) is 6.92 Å². The molecule has 0 aromatic heterocycles. The van der Waals surface area contributed by atoms with Crippen LogP contribution in [0, 0.1) is 35.5 Å². The van der Waals surface area contributed by atoms with Crippen molar-refractivity contribution in [3.05, 3.63) is 23.8 Å². The third-order valence-corrected chi connectivity index (χ3v) is 9.95. The van der Waals surface area contributed by atoms with Crippen LogP contribution >= 0.6 is 0 Å². The van der Waals surface area contributed by atoms with E-state index < -0.39 is 42.7 Å². The van der Waals surface area contributed by atoms with Crippen LogP contribution in [0.25, 0.3) is 0 Å². The van der Waals surface area contributed by atoms with Crippen LogP contribution in [0.2, 0.25) is 0 Å². The highest BCUT2D eigenvalue weighted by Crippen LogP contribution is 2.54. The molecule has 2 saturated heterocycles. The van der Waals surface area contributed by atoms with Gasteiger partial charge in [-0.15, -0.1) is 0 Å². The zero-order chi connectivity index (χ0) is 28.0. The van der Waals surface area contributed by atoms with E-state index >= 15 is 0 Å². The van der Waals surface area contributed by atoms with Crippen molar-refractivity contribution in [2.45, 2.75) is 115 Å². The zero-order valence-corrected chi connectivity index (χ0v) is 23.1. The van der Waals surface area contributed by atoms with Gasteiger partial charge >= 0.3 is 5.97 Å². The second kappa shape index (κ2) is 11.7. The Labute approximate surface area is 230 Å². The molecule has 0 radical (unpaired) electrons. The van der Waals surface area contributed by atoms with Crippen LogP contribution in [0.15, 0.2) is 23.8 Å². The smallest absolute Gasteiger partial charge is 0.306 e. The maximum Gasteiger partial charge on any atom is 0.306 e. The van der Waals surface area contributed by atoms with E-state index in [0.29, 0.717) is 37.7 Å². The summed E-state index contributed by atoms with van der Waals surface area (Å²) in [4.78, 5) is 26.7. The molecule has 5 aliphatic rings. The van der Waals surface area contributed by atoms with Crippen molar-refractivity contribution < 1.29 is 44.2 Å². The number of rotatable bonds is 3. The molecule has 2 aliphatic heterocycles. The van der Waals surface area contributed by atoms with Crippen LogP contribution in [0.3, 0.4) is 0 Å². The van der Waals surface area contributed by atoms with Crippen LogP contribution in [0.4, 0.5) is 0 Å². The molecule has 0 amide bonds. The van der Waals surface area contributed by atoms with Crippen molar-refractivity contribution in [3.8, 4) is 0 Å². The average molecular weight is 549 g/mol. The van der Waals surface area contributed by atoms with Gasteiger partial charge in [-0.1, -0.05) is 32.1 Å². The third kappa shape index (κ3) is 5.63. The van der Waals surface area contributed by atoms with Crippen molar-refractivity contribution in [1.82, 2.24) is 0 Å². The molecule has 0 aromatic carbocycles. The first-order valence-electron chi connectivity index (χ1n) is 14.8. The third-order valence-electron chi connectivity index (χ3n) is 9.95. The van der Waals surface area contributed by atoms with Crippen molar-refractivity contribution in [1.29, 1.82) is 0 Å². The molecule has 0 bridgehead atoms. The maximum atomic E-state index is 13.6. The Bertz CT molecular complexity index is 977. The highest BCUT2D eigenvalue weighted by Gasteiger charge is 2.51. The monoisotopic (exact) mass is 548 g/mol. The summed E-state index contributed by atoms with van der Waals surface area (Å²) in [7, 11) is 0. The van der Waals surface area contributed by atoms with E-state index in [1.54, 1.807) is 13.8 Å². The topological polar surface area (TPSA) is 143 Å². The number of ketones is 1. The van der Waals surface area contributed by atoms with Gasteiger partial charge in [-0.25, -0.2) is 0 Å². The fraction of sp³-hybridized carbons (Fsp3) is 0.800. The summed E-state index contributed by atoms with van der Waals surface area (Å²) in [5, 5.41) is 41.4. The summed E-state index contributed by atoms with van der Waals surface area (Å²) in [6.45, 7) is 5.41. The Balaban J connectivity index is 1.34. The molecular weight excluding hydrogens is 504 g/mol. The lowest BCUT2D eigenvalue weighted by molar-refractivity contribution is -0.303. The van der Waals surface area contributed by atoms with Gasteiger partial charge < -0.3 is 34.6 Å². The fourth-order valence-corrected chi connectivity index (χ4v) is 7.52. The molecule has 0 spiro atoms. The van der Waals surface area contributed by atoms with Crippen molar-refractivity contribution >= 4 is 11.8 Å². The SMILES string of the molecule is CC[C@H]1CCC[C@H](O)[C@@H](C)C(=O)C2=C[C@H]3[C@@H]4C[C@H](OC5OC(C)C(O)C(O)C5O)C[C@H]4C=C[C@H]3C2CC(=O)O1. The van der Waals surface area contributed by atoms with E-state index in [4.69, 9.17) is 14.2 Å². The van der Waals surface area contributed by atoms with Crippen LogP contribution < -0.4 is 0 Å². The molecule has 6 unspecified atom stereocenters. The maximum absolute atomic E-state index is 13.6. The van der Waals surface area contributed by atoms with Crippen molar-refractivity contribution in [2.24, 2.45) is 35.5 Å². The lowest BCUT2D eigenvalue weighted by atomic mass is 9.70. The van der Waals surface area contributed by atoms with Crippen LogP contribution in [0.1, 0.15) is 65.7 Å². The molecule has 9 heteroatoms. The molecule has 39 heavy (non-hydrogen) atoms. The van der Waals surface area contributed by atoms with E-state index in [9.17, 15) is 30.0 Å². The average Bonchev–Trinajstić information content (AvgIpc) is 3.49. The lowest BCUT2D eigenvalue weighted by Crippen LogP contribution is -2.57. The Morgan fingerprint density at radius 1 is 0.974 bits per heavy atom. The summed E-state index contributed by atoms with van der Waals surface area (Å²) in [6.07, 6.45) is 3.74. The van der Waals surface area contributed by atoms with Crippen LogP contribution in [-0.2, 0) is 23.8 Å². The van der Waals surface area contributed by atoms with Gasteiger partial charge in [0.2, 0.25) is 0 Å². The number of carbonyl (C=O) groups is 2. The summed E-state index contributed by atoms with van der Waals surface area (Å²) in [6, 6.07) is 0. The zero-order valence-electron chi connectivity index (χ0n) is 23.1. The fourth-order valence-electron chi connectivity index (χ4n) is 7.52. The molecule has 218 valence electrons. The minimum atomic E-state index is -1.35. The van der Waals surface area contributed by atoms with Gasteiger partial charge in [0, 0.05) is 11.8 Å². The van der Waals surface area contributed by atoms with Crippen LogP contribution in [0.5, 0.6) is 0 Å². The predicted octanol–water partition coefficient (Wildman–Crippen LogP) is 2.05. The largest absolute Gasteiger partial charge is 0.462 e. The molecule has 3 fully saturated rings. The Morgan fingerprint density at radius 3 is 2.49 bits per heavy atom. The van der Waals surface area contributed by atoms with Crippen molar-refractivity contribution in [3.63, 3.8) is 0 Å². The van der Waals surface area contributed by atoms with Gasteiger partial charge in [0.25, 0.3) is 0 Å². The second-order valence-corrected chi connectivity index (χ2v) is 12.4. The van der Waals surface area contributed by atoms with Gasteiger partial charge in [0.15, 0.2) is 12.1 Å². The number of aliphatic hydroxyl groups excluding tert-OH is 4. The van der Waals surface area contributed by atoms with E-state index in [0.717, 1.165) is 6.42 Å². The number of esters is 1. The van der Waals surface area contributed by atoms with Gasteiger partial charge in [0.1, 0.15) is 24.4 Å². The highest BCUT2D eigenvalue weighted by molar-refractivity contribution is 5.99. The molecule has 9 nitrogen and oxygen atoms in total. The Kier molecular flexibility index (Phi) is 8.67. The Morgan fingerprint density at radius 2 is 1.74 bits per heavy atom. The van der Waals surface area contributed by atoms with Crippen molar-refractivity contribution in [2.75, 3.05) is 0 Å². The molecule has 2 heterocycles. The molecular formula is C30H44O9. The normalized spacial score (nSPS) is 48.7. The van der Waals surface area contributed by atoms with Gasteiger partial charge in [-0.05, 0) is 74.7 Å². The number of fused-ring (bicyclic) bond motifs is 5. The number of Topliss-reactive ketones (excluding diaryl/α,β-unsaturated/α-hetero) is 1. The number of cyclic esters (lactones) is 1. The quantitative estimate of drug-likeness (QED) is 0.308. The van der Waals surface area contributed by atoms with E-state index in [1.165, 1.54) is 0 Å². The summed E-state index contributed by atoms with van der Waals surface area (Å²) in [5.41, 5.74) is 0.633. The van der Waals surface area contributed by atoms with Gasteiger partial charge in [-0.3, -0.25) is 9.59 Å². The molecule has 4 N–H and O–H groups in total. The number of carbonyl (C=O) groups excluding carboxylic acids is 2. The first kappa shape index (κ1) is 28.9. The molecule has 1 saturated carbocycles. The molecule has 3 aliphatic carbocycles. The highest BCUT2D eigenvalue weighted by atomic mass is 16.7. The number of ether oxygens (including phenoxy) is 3. The number of allylic oxidation sites excluding steroid dienone is 4. The molecule has 14 atom stereocenters. The summed E-state index contributed by atoms with van der Waals surface area (Å²) in [5.74, 6) is -0.774. The summed E-state index contributed by atoms with van der Waals surface area (Å²) < 4.78 is 17.6. The minimum Gasteiger partial charge on any atom is -0.462 e. The standard InChI is InChI=1S/C30H44O9/c1-4-17-6-5-7-24(31)14(2)26(33)23-12-21-19(22(23)13-25(32)38-17)9-8-16-10-18(11-20(16)21)39-30-29(36)28(35)27(34)15(3)37-30/h8-9,12,14-22,24,27-31,34-36H,4-7,10-11,13H2,1-3H3/t14-,15?,16-,17+,18-,19-,20-,21-,22?,24+,27?,28?,29?,30?/m1/s1. The summed E-state index contributed by atoms with van der Waals surface area (Å²) >= 11 is 0. The van der Waals surface area contributed by atoms with E-state index in [2.05, 4.69) is 18.2 Å². The predicted molar refractivity (Wildman–Crippen MR) is 140 cm³/mol. The molecule has 5 rings (SSSR count). The Hall–Kier alpha value is -1.62. The molecule has 0 aromatic rings. The first-order chi connectivity index (χ1) is 18.6. The minimum absolute atomic E-state index is 0.0163.